The van der Waals surface area contributed by atoms with Gasteiger partial charge in [0.05, 0.1) is 0 Å². The summed E-state index contributed by atoms with van der Waals surface area (Å²) in [4.78, 5) is 14.0. The average Bonchev–Trinajstić information content (AvgIpc) is 2.37. The van der Waals surface area contributed by atoms with Crippen LogP contribution < -0.4 is 11.1 Å². The van der Waals surface area contributed by atoms with Gasteiger partial charge in [0.1, 0.15) is 0 Å². The van der Waals surface area contributed by atoms with Gasteiger partial charge in [-0.2, -0.15) is 0 Å². The number of rotatable bonds is 8. The van der Waals surface area contributed by atoms with Crippen LogP contribution >= 0.6 is 0 Å². The van der Waals surface area contributed by atoms with Gasteiger partial charge in [-0.05, 0) is 45.3 Å². The smallest absolute Gasteiger partial charge is 0.221 e. The van der Waals surface area contributed by atoms with E-state index in [9.17, 15) is 4.79 Å². The van der Waals surface area contributed by atoms with Crippen LogP contribution in [0.25, 0.3) is 0 Å². The minimum Gasteiger partial charge on any atom is -0.356 e. The highest BCUT2D eigenvalue weighted by Gasteiger charge is 2.11. The number of hydrogen-bond donors (Lipinski definition) is 2. The van der Waals surface area contributed by atoms with E-state index in [1.165, 1.54) is 32.4 Å². The van der Waals surface area contributed by atoms with Crippen molar-refractivity contribution in [3.05, 3.63) is 0 Å². The van der Waals surface area contributed by atoms with Crippen LogP contribution in [-0.4, -0.2) is 43.5 Å². The molecule has 1 fully saturated rings. The maximum Gasteiger partial charge on any atom is 0.221 e. The van der Waals surface area contributed by atoms with Gasteiger partial charge in [-0.1, -0.05) is 12.8 Å². The molecule has 0 spiro atoms. The van der Waals surface area contributed by atoms with Crippen molar-refractivity contribution >= 4 is 5.91 Å². The minimum atomic E-state index is 0.198. The molecule has 1 amide bonds. The number of unbranched alkanes of at least 4 members (excludes halogenated alkanes) is 2. The number of hydrogen-bond acceptors (Lipinski definition) is 3. The number of nitrogens with zero attached hydrogens (tertiary/aromatic N) is 1. The predicted octanol–water partition coefficient (Wildman–Crippen LogP) is 1.11. The second kappa shape index (κ2) is 9.42. The molecule has 4 nitrogen and oxygen atoms in total. The standard InChI is InChI=1S/C13H27N3O/c14-8-3-1-4-9-15-13(17)7-12-16-10-5-2-6-11-16/h1-12,14H2,(H,15,17). The van der Waals surface area contributed by atoms with Crippen LogP contribution in [0.4, 0.5) is 0 Å². The molecule has 0 bridgehead atoms. The Morgan fingerprint density at radius 3 is 2.59 bits per heavy atom. The first-order chi connectivity index (χ1) is 8.33. The van der Waals surface area contributed by atoms with E-state index in [4.69, 9.17) is 5.73 Å². The fourth-order valence-electron chi connectivity index (χ4n) is 2.20. The van der Waals surface area contributed by atoms with Gasteiger partial charge in [0, 0.05) is 19.5 Å². The van der Waals surface area contributed by atoms with Crippen LogP contribution in [-0.2, 0) is 4.79 Å². The number of nitrogens with one attached hydrogen (secondary N) is 1. The van der Waals surface area contributed by atoms with E-state index in [1.54, 1.807) is 0 Å². The van der Waals surface area contributed by atoms with E-state index >= 15 is 0 Å². The zero-order valence-electron chi connectivity index (χ0n) is 10.9. The molecular weight excluding hydrogens is 214 g/mol. The fraction of sp³-hybridized carbons (Fsp3) is 0.923. The monoisotopic (exact) mass is 241 g/mol. The Morgan fingerprint density at radius 1 is 1.12 bits per heavy atom. The summed E-state index contributed by atoms with van der Waals surface area (Å²) in [5.74, 6) is 0.198. The summed E-state index contributed by atoms with van der Waals surface area (Å²) in [6.45, 7) is 4.82. The molecule has 4 heteroatoms. The summed E-state index contributed by atoms with van der Waals surface area (Å²) >= 11 is 0. The van der Waals surface area contributed by atoms with Gasteiger partial charge in [0.25, 0.3) is 0 Å². The third kappa shape index (κ3) is 7.34. The van der Waals surface area contributed by atoms with Crippen molar-refractivity contribution in [3.8, 4) is 0 Å². The highest BCUT2D eigenvalue weighted by atomic mass is 16.1. The Balaban J connectivity index is 1.93. The Bertz CT molecular complexity index is 203. The topological polar surface area (TPSA) is 58.4 Å². The lowest BCUT2D eigenvalue weighted by molar-refractivity contribution is -0.121. The van der Waals surface area contributed by atoms with Crippen LogP contribution in [0.15, 0.2) is 0 Å². The summed E-state index contributed by atoms with van der Waals surface area (Å²) < 4.78 is 0. The van der Waals surface area contributed by atoms with Crippen molar-refractivity contribution in [3.63, 3.8) is 0 Å². The molecule has 1 heterocycles. The molecule has 1 aliphatic heterocycles. The lowest BCUT2D eigenvalue weighted by Crippen LogP contribution is -2.34. The molecule has 0 radical (unpaired) electrons. The molecule has 0 aromatic carbocycles. The SMILES string of the molecule is NCCCCCNC(=O)CCN1CCCCC1. The largest absolute Gasteiger partial charge is 0.356 e. The van der Waals surface area contributed by atoms with E-state index in [0.717, 1.165) is 38.9 Å². The van der Waals surface area contributed by atoms with Crippen molar-refractivity contribution in [1.29, 1.82) is 0 Å². The van der Waals surface area contributed by atoms with E-state index in [-0.39, 0.29) is 5.91 Å². The molecule has 1 rings (SSSR count). The Labute approximate surface area is 105 Å². The molecular formula is C13H27N3O. The van der Waals surface area contributed by atoms with E-state index in [0.29, 0.717) is 6.42 Å². The zero-order chi connectivity index (χ0) is 12.3. The number of amides is 1. The minimum absolute atomic E-state index is 0.198. The van der Waals surface area contributed by atoms with E-state index < -0.39 is 0 Å². The summed E-state index contributed by atoms with van der Waals surface area (Å²) in [5.41, 5.74) is 5.41. The van der Waals surface area contributed by atoms with Gasteiger partial charge in [-0.25, -0.2) is 0 Å². The van der Waals surface area contributed by atoms with Crippen LogP contribution in [0.5, 0.6) is 0 Å². The summed E-state index contributed by atoms with van der Waals surface area (Å²) in [7, 11) is 0. The normalized spacial score (nSPS) is 17.0. The van der Waals surface area contributed by atoms with E-state index in [1.807, 2.05) is 0 Å². The van der Waals surface area contributed by atoms with Crippen molar-refractivity contribution in [2.24, 2.45) is 5.73 Å². The first-order valence-electron chi connectivity index (χ1n) is 7.02. The summed E-state index contributed by atoms with van der Waals surface area (Å²) in [6, 6.07) is 0. The van der Waals surface area contributed by atoms with Gasteiger partial charge >= 0.3 is 0 Å². The highest BCUT2D eigenvalue weighted by molar-refractivity contribution is 5.75. The molecule has 17 heavy (non-hydrogen) atoms. The average molecular weight is 241 g/mol. The molecule has 1 aliphatic rings. The third-order valence-corrected chi connectivity index (χ3v) is 3.31. The molecule has 0 aliphatic carbocycles. The zero-order valence-corrected chi connectivity index (χ0v) is 10.9. The molecule has 100 valence electrons. The molecule has 1 saturated heterocycles. The number of carbonyl (C=O) groups is 1. The molecule has 0 aromatic heterocycles. The van der Waals surface area contributed by atoms with Crippen molar-refractivity contribution in [2.45, 2.75) is 44.9 Å². The third-order valence-electron chi connectivity index (χ3n) is 3.31. The van der Waals surface area contributed by atoms with E-state index in [2.05, 4.69) is 10.2 Å². The predicted molar refractivity (Wildman–Crippen MR) is 70.8 cm³/mol. The van der Waals surface area contributed by atoms with Crippen LogP contribution in [0.2, 0.25) is 0 Å². The molecule has 0 saturated carbocycles. The first-order valence-corrected chi connectivity index (χ1v) is 7.02. The lowest BCUT2D eigenvalue weighted by Gasteiger charge is -2.25. The number of piperidine rings is 1. The Kier molecular flexibility index (Phi) is 8.01. The van der Waals surface area contributed by atoms with Gasteiger partial charge < -0.3 is 16.0 Å². The molecule has 0 unspecified atom stereocenters. The number of likely N-dealkylation sites (tertiary alicyclic amines) is 1. The second-order valence-electron chi connectivity index (χ2n) is 4.85. The van der Waals surface area contributed by atoms with Gasteiger partial charge in [-0.15, -0.1) is 0 Å². The van der Waals surface area contributed by atoms with Crippen LogP contribution in [0.3, 0.4) is 0 Å². The fourth-order valence-corrected chi connectivity index (χ4v) is 2.20. The first kappa shape index (κ1) is 14.5. The van der Waals surface area contributed by atoms with Gasteiger partial charge in [0.2, 0.25) is 5.91 Å². The number of carbonyl (C=O) groups excluding carboxylic acids is 1. The van der Waals surface area contributed by atoms with Crippen molar-refractivity contribution < 1.29 is 4.79 Å². The summed E-state index contributed by atoms with van der Waals surface area (Å²) in [6.07, 6.45) is 7.81. The maximum absolute atomic E-state index is 11.6. The Hall–Kier alpha value is -0.610. The second-order valence-corrected chi connectivity index (χ2v) is 4.85. The Morgan fingerprint density at radius 2 is 1.88 bits per heavy atom. The quantitative estimate of drug-likeness (QED) is 0.626. The molecule has 0 atom stereocenters. The van der Waals surface area contributed by atoms with Crippen molar-refractivity contribution in [2.75, 3.05) is 32.7 Å². The van der Waals surface area contributed by atoms with Crippen LogP contribution in [0, 0.1) is 0 Å². The maximum atomic E-state index is 11.6. The number of nitrogens with two attached hydrogens (primary N) is 1. The van der Waals surface area contributed by atoms with Crippen LogP contribution in [0.1, 0.15) is 44.9 Å². The summed E-state index contributed by atoms with van der Waals surface area (Å²) in [5, 5.41) is 2.97. The highest BCUT2D eigenvalue weighted by Crippen LogP contribution is 2.08. The van der Waals surface area contributed by atoms with Crippen molar-refractivity contribution in [1.82, 2.24) is 10.2 Å². The molecule has 3 N–H and O–H groups in total. The molecule has 0 aromatic rings. The van der Waals surface area contributed by atoms with Gasteiger partial charge in [0.15, 0.2) is 0 Å². The van der Waals surface area contributed by atoms with Gasteiger partial charge in [-0.3, -0.25) is 4.79 Å². The lowest BCUT2D eigenvalue weighted by atomic mass is 10.1.